The molecule has 7 heteroatoms. The largest absolute Gasteiger partial charge is 0.479 e. The summed E-state index contributed by atoms with van der Waals surface area (Å²) in [6, 6.07) is 9.81. The van der Waals surface area contributed by atoms with Crippen LogP contribution in [0.1, 0.15) is 43.6 Å². The molecular weight excluding hydrogens is 419 g/mol. The van der Waals surface area contributed by atoms with Gasteiger partial charge in [0, 0.05) is 12.5 Å². The molecule has 3 aliphatic rings. The Morgan fingerprint density at radius 2 is 1.72 bits per heavy atom. The van der Waals surface area contributed by atoms with Crippen molar-refractivity contribution in [3.05, 3.63) is 60.2 Å². The van der Waals surface area contributed by atoms with E-state index in [4.69, 9.17) is 4.74 Å². The SMILES string of the molecule is O=C(O)C1(OCC2CCN(CC3(C(F)(F)F)CCC3)CC2)C=CC(c2ccccc2)C=C1. The summed E-state index contributed by atoms with van der Waals surface area (Å²) in [4.78, 5) is 13.9. The third kappa shape index (κ3) is 4.64. The fourth-order valence-electron chi connectivity index (χ4n) is 4.94. The molecule has 174 valence electrons. The zero-order valence-corrected chi connectivity index (χ0v) is 18.1. The van der Waals surface area contributed by atoms with Crippen molar-refractivity contribution < 1.29 is 27.8 Å². The highest BCUT2D eigenvalue weighted by Gasteiger charge is 2.58. The van der Waals surface area contributed by atoms with Gasteiger partial charge in [-0.2, -0.15) is 13.2 Å². The summed E-state index contributed by atoms with van der Waals surface area (Å²) in [7, 11) is 0. The van der Waals surface area contributed by atoms with E-state index in [1.807, 2.05) is 47.4 Å². The predicted molar refractivity (Wildman–Crippen MR) is 115 cm³/mol. The van der Waals surface area contributed by atoms with Gasteiger partial charge in [0.25, 0.3) is 0 Å². The van der Waals surface area contributed by atoms with Crippen LogP contribution in [0.25, 0.3) is 0 Å². The van der Waals surface area contributed by atoms with Crippen molar-refractivity contribution in [3.8, 4) is 0 Å². The maximum Gasteiger partial charge on any atom is 0.395 e. The van der Waals surface area contributed by atoms with Crippen LogP contribution in [0.15, 0.2) is 54.6 Å². The molecule has 0 amide bonds. The molecular formula is C25H30F3NO3. The minimum Gasteiger partial charge on any atom is -0.479 e. The van der Waals surface area contributed by atoms with Gasteiger partial charge in [-0.05, 0) is 62.4 Å². The lowest BCUT2D eigenvalue weighted by Gasteiger charge is -2.47. The van der Waals surface area contributed by atoms with Crippen LogP contribution in [0, 0.1) is 11.3 Å². The van der Waals surface area contributed by atoms with Crippen molar-refractivity contribution in [2.24, 2.45) is 11.3 Å². The molecule has 0 bridgehead atoms. The van der Waals surface area contributed by atoms with Crippen molar-refractivity contribution in [1.82, 2.24) is 4.90 Å². The van der Waals surface area contributed by atoms with Crippen molar-refractivity contribution in [1.29, 1.82) is 0 Å². The Morgan fingerprint density at radius 1 is 1.09 bits per heavy atom. The number of carboxylic acid groups (broad SMARTS) is 1. The molecule has 4 rings (SSSR count). The second-order valence-electron chi connectivity index (χ2n) is 9.42. The molecule has 1 N–H and O–H groups in total. The standard InChI is InChI=1S/C25H30F3NO3/c26-25(27,28)23(11-4-12-23)18-29-15-9-19(10-16-29)17-32-24(22(30)31)13-7-21(8-14-24)20-5-2-1-3-6-20/h1-3,5-8,13-14,19,21H,4,9-12,15-18H2,(H,30,31). The molecule has 1 aliphatic heterocycles. The van der Waals surface area contributed by atoms with Crippen LogP contribution in [-0.4, -0.2) is 54.0 Å². The number of ether oxygens (including phenoxy) is 1. The van der Waals surface area contributed by atoms with E-state index >= 15 is 0 Å². The molecule has 1 saturated carbocycles. The molecule has 0 unspecified atom stereocenters. The third-order valence-electron chi connectivity index (χ3n) is 7.32. The monoisotopic (exact) mass is 449 g/mol. The van der Waals surface area contributed by atoms with Gasteiger partial charge in [0.15, 0.2) is 0 Å². The van der Waals surface area contributed by atoms with Crippen LogP contribution in [0.3, 0.4) is 0 Å². The van der Waals surface area contributed by atoms with Crippen LogP contribution >= 0.6 is 0 Å². The van der Waals surface area contributed by atoms with Crippen molar-refractivity contribution in [2.45, 2.75) is 49.8 Å². The van der Waals surface area contributed by atoms with Gasteiger partial charge in [0.05, 0.1) is 12.0 Å². The summed E-state index contributed by atoms with van der Waals surface area (Å²) in [6.07, 6.45) is 5.28. The number of aliphatic carboxylic acids is 1. The summed E-state index contributed by atoms with van der Waals surface area (Å²) in [6.45, 7) is 1.53. The van der Waals surface area contributed by atoms with E-state index in [0.717, 1.165) is 5.56 Å². The highest BCUT2D eigenvalue weighted by atomic mass is 19.4. The molecule has 4 nitrogen and oxygen atoms in total. The van der Waals surface area contributed by atoms with E-state index in [1.54, 1.807) is 12.2 Å². The van der Waals surface area contributed by atoms with Gasteiger partial charge in [-0.3, -0.25) is 0 Å². The van der Waals surface area contributed by atoms with Gasteiger partial charge in [-0.1, -0.05) is 48.9 Å². The summed E-state index contributed by atoms with van der Waals surface area (Å²) in [5.41, 5.74) is -1.94. The first kappa shape index (κ1) is 23.1. The summed E-state index contributed by atoms with van der Waals surface area (Å²) >= 11 is 0. The quantitative estimate of drug-likeness (QED) is 0.583. The number of hydrogen-bond acceptors (Lipinski definition) is 3. The average Bonchev–Trinajstić information content (AvgIpc) is 2.75. The lowest BCUT2D eigenvalue weighted by Crippen LogP contribution is -2.53. The predicted octanol–water partition coefficient (Wildman–Crippen LogP) is 5.18. The lowest BCUT2D eigenvalue weighted by molar-refractivity contribution is -0.256. The molecule has 0 spiro atoms. The zero-order chi connectivity index (χ0) is 22.8. The first-order valence-electron chi connectivity index (χ1n) is 11.3. The number of benzene rings is 1. The maximum atomic E-state index is 13.5. The highest BCUT2D eigenvalue weighted by Crippen LogP contribution is 2.53. The Hall–Kier alpha value is -2.12. The van der Waals surface area contributed by atoms with Crippen molar-refractivity contribution >= 4 is 5.97 Å². The Kier molecular flexibility index (Phi) is 6.50. The third-order valence-corrected chi connectivity index (χ3v) is 7.32. The van der Waals surface area contributed by atoms with E-state index in [9.17, 15) is 23.1 Å². The lowest BCUT2D eigenvalue weighted by atomic mass is 9.67. The van der Waals surface area contributed by atoms with E-state index in [-0.39, 0.29) is 37.8 Å². The Labute approximate surface area is 186 Å². The number of nitrogens with zero attached hydrogens (tertiary/aromatic N) is 1. The Morgan fingerprint density at radius 3 is 2.22 bits per heavy atom. The molecule has 2 aliphatic carbocycles. The first-order chi connectivity index (χ1) is 15.2. The van der Waals surface area contributed by atoms with Crippen LogP contribution in [0.4, 0.5) is 13.2 Å². The fraction of sp³-hybridized carbons (Fsp3) is 0.560. The number of rotatable bonds is 7. The Bertz CT molecular complexity index is 839. The van der Waals surface area contributed by atoms with E-state index < -0.39 is 23.2 Å². The van der Waals surface area contributed by atoms with Gasteiger partial charge in [-0.15, -0.1) is 0 Å². The van der Waals surface area contributed by atoms with Crippen molar-refractivity contribution in [2.75, 3.05) is 26.2 Å². The second-order valence-corrected chi connectivity index (χ2v) is 9.42. The average molecular weight is 450 g/mol. The molecule has 0 aromatic heterocycles. The molecule has 32 heavy (non-hydrogen) atoms. The minimum atomic E-state index is -4.14. The number of likely N-dealkylation sites (tertiary alicyclic amines) is 1. The number of alkyl halides is 3. The summed E-state index contributed by atoms with van der Waals surface area (Å²) in [5, 5.41) is 9.81. The number of carbonyl (C=O) groups is 1. The number of hydrogen-bond donors (Lipinski definition) is 1. The van der Waals surface area contributed by atoms with Gasteiger partial charge in [0.2, 0.25) is 5.60 Å². The minimum absolute atomic E-state index is 0.00275. The van der Waals surface area contributed by atoms with Gasteiger partial charge in [-0.25, -0.2) is 4.79 Å². The molecule has 0 atom stereocenters. The second kappa shape index (κ2) is 9.02. The van der Waals surface area contributed by atoms with Crippen LogP contribution in [0.2, 0.25) is 0 Å². The van der Waals surface area contributed by atoms with Crippen LogP contribution < -0.4 is 0 Å². The molecule has 2 fully saturated rings. The number of carboxylic acids is 1. The molecule has 1 aromatic rings. The molecule has 1 saturated heterocycles. The fourth-order valence-corrected chi connectivity index (χ4v) is 4.94. The first-order valence-corrected chi connectivity index (χ1v) is 11.3. The number of halogens is 3. The molecule has 1 aromatic carbocycles. The zero-order valence-electron chi connectivity index (χ0n) is 18.1. The van der Waals surface area contributed by atoms with E-state index in [1.165, 1.54) is 0 Å². The van der Waals surface area contributed by atoms with Gasteiger partial charge >= 0.3 is 12.1 Å². The normalized spacial score (nSPS) is 28.4. The van der Waals surface area contributed by atoms with Gasteiger partial charge < -0.3 is 14.7 Å². The molecule has 1 heterocycles. The smallest absolute Gasteiger partial charge is 0.395 e. The Balaban J connectivity index is 1.30. The van der Waals surface area contributed by atoms with Crippen molar-refractivity contribution in [3.63, 3.8) is 0 Å². The van der Waals surface area contributed by atoms with Crippen LogP contribution in [0.5, 0.6) is 0 Å². The highest BCUT2D eigenvalue weighted by molar-refractivity contribution is 5.83. The van der Waals surface area contributed by atoms with E-state index in [0.29, 0.717) is 32.4 Å². The van der Waals surface area contributed by atoms with Gasteiger partial charge in [0.1, 0.15) is 0 Å². The topological polar surface area (TPSA) is 49.8 Å². The number of piperidine rings is 1. The maximum absolute atomic E-state index is 13.5. The van der Waals surface area contributed by atoms with Crippen LogP contribution in [-0.2, 0) is 9.53 Å². The summed E-state index contributed by atoms with van der Waals surface area (Å²) in [5.74, 6) is -0.923. The summed E-state index contributed by atoms with van der Waals surface area (Å²) < 4.78 is 46.3. The molecule has 0 radical (unpaired) electrons. The van der Waals surface area contributed by atoms with E-state index in [2.05, 4.69) is 0 Å². The number of allylic oxidation sites excluding steroid dienone is 2.